The molecule has 2 aromatic rings. The third-order valence-corrected chi connectivity index (χ3v) is 7.06. The second-order valence-electron chi connectivity index (χ2n) is 7.48. The average Bonchev–Trinajstić information content (AvgIpc) is 3.40. The Morgan fingerprint density at radius 3 is 2.93 bits per heavy atom. The van der Waals surface area contributed by atoms with Gasteiger partial charge in [-0.2, -0.15) is 0 Å². The molecule has 10 nitrogen and oxygen atoms in total. The third-order valence-electron chi connectivity index (χ3n) is 5.27. The zero-order valence-corrected chi connectivity index (χ0v) is 16.6. The fourth-order valence-electron chi connectivity index (χ4n) is 3.49. The van der Waals surface area contributed by atoms with Crippen molar-refractivity contribution in [2.45, 2.75) is 50.8 Å². The van der Waals surface area contributed by atoms with Gasteiger partial charge in [-0.05, 0) is 32.4 Å². The lowest BCUT2D eigenvalue weighted by Crippen LogP contribution is -2.45. The van der Waals surface area contributed by atoms with Crippen LogP contribution in [0.15, 0.2) is 22.8 Å². The first-order valence-electron chi connectivity index (χ1n) is 9.16. The lowest BCUT2D eigenvalue weighted by molar-refractivity contribution is -0.0829. The number of hydrogen-bond donors (Lipinski definition) is 1. The Bertz CT molecular complexity index is 968. The van der Waals surface area contributed by atoms with Crippen LogP contribution in [0, 0.1) is 0 Å². The molecule has 4 rings (SSSR count). The third kappa shape index (κ3) is 3.45. The van der Waals surface area contributed by atoms with Gasteiger partial charge >= 0.3 is 0 Å². The van der Waals surface area contributed by atoms with Gasteiger partial charge in [-0.25, -0.2) is 17.8 Å². The number of nitrogens with zero attached hydrogens (tertiary/aromatic N) is 4. The largest absolute Gasteiger partial charge is 0.459 e. The Balaban J connectivity index is 1.43. The van der Waals surface area contributed by atoms with Gasteiger partial charge in [0.1, 0.15) is 11.3 Å². The van der Waals surface area contributed by atoms with E-state index in [4.69, 9.17) is 9.15 Å². The van der Waals surface area contributed by atoms with Gasteiger partial charge in [0.25, 0.3) is 5.91 Å². The summed E-state index contributed by atoms with van der Waals surface area (Å²) in [5.41, 5.74) is 0.797. The van der Waals surface area contributed by atoms with Crippen molar-refractivity contribution >= 4 is 15.9 Å². The van der Waals surface area contributed by atoms with Crippen molar-refractivity contribution in [1.82, 2.24) is 24.6 Å². The molecule has 152 valence electrons. The summed E-state index contributed by atoms with van der Waals surface area (Å²) in [4.78, 5) is 14.2. The van der Waals surface area contributed by atoms with Crippen molar-refractivity contribution in [1.29, 1.82) is 0 Å². The van der Waals surface area contributed by atoms with E-state index in [1.165, 1.54) is 6.26 Å². The van der Waals surface area contributed by atoms with Crippen LogP contribution >= 0.6 is 0 Å². The monoisotopic (exact) mass is 409 g/mol. The smallest absolute Gasteiger partial charge is 0.289 e. The van der Waals surface area contributed by atoms with Gasteiger partial charge in [0.15, 0.2) is 5.76 Å². The predicted octanol–water partition coefficient (Wildman–Crippen LogP) is 0.514. The number of aromatic nitrogens is 3. The van der Waals surface area contributed by atoms with E-state index in [1.807, 2.05) is 0 Å². The van der Waals surface area contributed by atoms with E-state index in [0.717, 1.165) is 5.69 Å². The number of amides is 1. The summed E-state index contributed by atoms with van der Waals surface area (Å²) < 4.78 is 39.5. The zero-order chi connectivity index (χ0) is 19.9. The van der Waals surface area contributed by atoms with Crippen LogP contribution in [0.5, 0.6) is 0 Å². The second-order valence-corrected chi connectivity index (χ2v) is 9.80. The van der Waals surface area contributed by atoms with Crippen LogP contribution in [0.4, 0.5) is 0 Å². The number of ether oxygens (including phenoxy) is 1. The van der Waals surface area contributed by atoms with E-state index in [0.29, 0.717) is 37.5 Å². The number of carbonyl (C=O) groups excluding carboxylic acids is 1. The van der Waals surface area contributed by atoms with Crippen LogP contribution in [-0.2, 0) is 34.5 Å². The molecule has 0 aromatic carbocycles. The summed E-state index contributed by atoms with van der Waals surface area (Å²) in [6, 6.07) is 3.34. The fourth-order valence-corrected chi connectivity index (χ4v) is 4.16. The summed E-state index contributed by atoms with van der Waals surface area (Å²) in [5, 5.41) is 7.77. The molecule has 1 fully saturated rings. The van der Waals surface area contributed by atoms with Gasteiger partial charge < -0.3 is 14.1 Å². The van der Waals surface area contributed by atoms with Gasteiger partial charge in [-0.1, -0.05) is 5.21 Å². The quantitative estimate of drug-likeness (QED) is 0.764. The van der Waals surface area contributed by atoms with E-state index >= 15 is 0 Å². The molecular formula is C17H23N5O5S. The van der Waals surface area contributed by atoms with Gasteiger partial charge in [0, 0.05) is 6.54 Å². The van der Waals surface area contributed by atoms with Crippen LogP contribution in [0.2, 0.25) is 0 Å². The Morgan fingerprint density at radius 2 is 2.21 bits per heavy atom. The molecular weight excluding hydrogens is 386 g/mol. The maximum atomic E-state index is 12.5. The molecule has 0 bridgehead atoms. The molecule has 0 radical (unpaired) electrons. The summed E-state index contributed by atoms with van der Waals surface area (Å²) in [6.45, 7) is 5.07. The number of nitrogens with one attached hydrogen (secondary N) is 1. The zero-order valence-electron chi connectivity index (χ0n) is 15.8. The van der Waals surface area contributed by atoms with E-state index < -0.39 is 20.9 Å². The van der Waals surface area contributed by atoms with Crippen molar-refractivity contribution in [3.05, 3.63) is 35.5 Å². The summed E-state index contributed by atoms with van der Waals surface area (Å²) in [5.74, 6) is 0.160. The van der Waals surface area contributed by atoms with E-state index in [1.54, 1.807) is 35.6 Å². The number of sulfonamides is 1. The van der Waals surface area contributed by atoms with Crippen molar-refractivity contribution in [2.24, 2.45) is 0 Å². The first-order chi connectivity index (χ1) is 13.3. The van der Waals surface area contributed by atoms with Crippen molar-refractivity contribution in [3.63, 3.8) is 0 Å². The Morgan fingerprint density at radius 1 is 1.39 bits per heavy atom. The first kappa shape index (κ1) is 19.1. The van der Waals surface area contributed by atoms with Crippen molar-refractivity contribution < 1.29 is 22.4 Å². The van der Waals surface area contributed by atoms with Crippen LogP contribution in [0.1, 0.15) is 42.2 Å². The number of likely N-dealkylation sites (tertiary alicyclic amines) is 1. The van der Waals surface area contributed by atoms with Gasteiger partial charge in [-0.15, -0.1) is 5.10 Å². The molecule has 2 aromatic heterocycles. The molecule has 2 aliphatic heterocycles. The Hall–Kier alpha value is -2.24. The minimum absolute atomic E-state index is 0.0787. The summed E-state index contributed by atoms with van der Waals surface area (Å²) >= 11 is 0. The maximum Gasteiger partial charge on any atom is 0.289 e. The number of fused-ring (bicyclic) bond motifs is 1. The number of carbonyl (C=O) groups is 1. The highest BCUT2D eigenvalue weighted by molar-refractivity contribution is 7.90. The topological polar surface area (TPSA) is 120 Å². The fraction of sp³-hybridized carbons (Fsp3) is 0.588. The summed E-state index contributed by atoms with van der Waals surface area (Å²) in [7, 11) is -3.38. The van der Waals surface area contributed by atoms with E-state index in [2.05, 4.69) is 15.0 Å². The molecule has 1 N–H and O–H groups in total. The maximum absolute atomic E-state index is 12.5. The minimum Gasteiger partial charge on any atom is -0.459 e. The number of hydrogen-bond acceptors (Lipinski definition) is 7. The molecule has 1 amide bonds. The molecule has 4 heterocycles. The second kappa shape index (κ2) is 6.98. The molecule has 2 aliphatic rings. The van der Waals surface area contributed by atoms with Crippen LogP contribution < -0.4 is 4.72 Å². The Kier molecular flexibility index (Phi) is 4.76. The molecule has 1 spiro atoms. The average molecular weight is 409 g/mol. The molecule has 28 heavy (non-hydrogen) atoms. The summed E-state index contributed by atoms with van der Waals surface area (Å²) in [6.07, 6.45) is 2.17. The molecule has 0 saturated carbocycles. The predicted molar refractivity (Wildman–Crippen MR) is 97.7 cm³/mol. The lowest BCUT2D eigenvalue weighted by atomic mass is 10.0. The van der Waals surface area contributed by atoms with E-state index in [9.17, 15) is 13.2 Å². The van der Waals surface area contributed by atoms with Crippen molar-refractivity contribution in [3.8, 4) is 0 Å². The van der Waals surface area contributed by atoms with Gasteiger partial charge in [-0.3, -0.25) is 4.79 Å². The molecule has 1 atom stereocenters. The molecule has 11 heteroatoms. The number of rotatable bonds is 5. The van der Waals surface area contributed by atoms with Gasteiger partial charge in [0.05, 0.1) is 43.4 Å². The van der Waals surface area contributed by atoms with Crippen LogP contribution in [0.25, 0.3) is 0 Å². The van der Waals surface area contributed by atoms with Crippen molar-refractivity contribution in [2.75, 3.05) is 13.1 Å². The SMILES string of the molecule is CC(C)S(=O)(=O)NCc1nnn2c1COC1(CCN(C(=O)c3ccco3)C1)C2. The molecule has 0 aliphatic carbocycles. The number of furan rings is 1. The highest BCUT2D eigenvalue weighted by Crippen LogP contribution is 2.33. The van der Waals surface area contributed by atoms with E-state index in [-0.39, 0.29) is 19.1 Å². The Labute approximate surface area is 162 Å². The minimum atomic E-state index is -3.38. The standard InChI is InChI=1S/C17H23N5O5S/c1-12(2)28(24,25)18-8-13-14-9-27-17(11-22(14)20-19-13)5-6-21(10-17)16(23)15-4-3-7-26-15/h3-4,7,12,18H,5-6,8-11H2,1-2H3. The highest BCUT2D eigenvalue weighted by atomic mass is 32.2. The first-order valence-corrected chi connectivity index (χ1v) is 10.7. The lowest BCUT2D eigenvalue weighted by Gasteiger charge is -2.33. The molecule has 1 saturated heterocycles. The normalized spacial score (nSPS) is 22.2. The van der Waals surface area contributed by atoms with Gasteiger partial charge in [0.2, 0.25) is 10.0 Å². The van der Waals surface area contributed by atoms with Crippen LogP contribution in [0.3, 0.4) is 0 Å². The highest BCUT2D eigenvalue weighted by Gasteiger charge is 2.45. The molecule has 1 unspecified atom stereocenters. The van der Waals surface area contributed by atoms with Crippen LogP contribution in [-0.4, -0.2) is 58.2 Å².